The molecule has 7 heteroatoms. The van der Waals surface area contributed by atoms with Crippen LogP contribution in [0, 0.1) is 0 Å². The predicted octanol–water partition coefficient (Wildman–Crippen LogP) is 1.89. The van der Waals surface area contributed by atoms with E-state index >= 15 is 0 Å². The standard InChI is InChI=1S/C10H12N4O3/c1-6(2)14-4-7(3-11-14)12-10-13-8(5-17-10)9(15)16/h3-6H,1-2H3,(H,12,13)(H,15,16). The van der Waals surface area contributed by atoms with E-state index in [0.717, 1.165) is 6.26 Å². The van der Waals surface area contributed by atoms with E-state index < -0.39 is 5.97 Å². The van der Waals surface area contributed by atoms with Crippen LogP contribution in [0.15, 0.2) is 23.1 Å². The zero-order chi connectivity index (χ0) is 12.4. The average Bonchev–Trinajstić information content (AvgIpc) is 2.87. The number of rotatable bonds is 4. The number of carboxylic acid groups (broad SMARTS) is 1. The van der Waals surface area contributed by atoms with Crippen LogP contribution >= 0.6 is 0 Å². The van der Waals surface area contributed by atoms with Gasteiger partial charge in [0.15, 0.2) is 5.69 Å². The molecule has 0 aliphatic heterocycles. The second-order valence-electron chi connectivity index (χ2n) is 3.77. The normalized spacial score (nSPS) is 10.8. The van der Waals surface area contributed by atoms with Crippen LogP contribution in [0.5, 0.6) is 0 Å². The molecule has 17 heavy (non-hydrogen) atoms. The maximum atomic E-state index is 10.6. The minimum absolute atomic E-state index is 0.130. The van der Waals surface area contributed by atoms with Gasteiger partial charge >= 0.3 is 5.97 Å². The van der Waals surface area contributed by atoms with Gasteiger partial charge in [-0.3, -0.25) is 4.68 Å². The molecule has 2 aromatic rings. The van der Waals surface area contributed by atoms with Gasteiger partial charge in [0, 0.05) is 12.2 Å². The second kappa shape index (κ2) is 4.28. The molecule has 0 atom stereocenters. The van der Waals surface area contributed by atoms with Crippen molar-refractivity contribution in [3.05, 3.63) is 24.4 Å². The molecule has 0 bridgehead atoms. The largest absolute Gasteiger partial charge is 0.476 e. The fourth-order valence-corrected chi connectivity index (χ4v) is 1.24. The first-order valence-electron chi connectivity index (χ1n) is 5.06. The molecular weight excluding hydrogens is 224 g/mol. The minimum atomic E-state index is -1.13. The third kappa shape index (κ3) is 2.44. The summed E-state index contributed by atoms with van der Waals surface area (Å²) in [6, 6.07) is 0.385. The molecule has 7 nitrogen and oxygen atoms in total. The number of aromatic nitrogens is 3. The van der Waals surface area contributed by atoms with E-state index in [-0.39, 0.29) is 17.8 Å². The van der Waals surface area contributed by atoms with Gasteiger partial charge in [0.25, 0.3) is 6.01 Å². The molecule has 0 aromatic carbocycles. The van der Waals surface area contributed by atoms with Gasteiger partial charge in [-0.15, -0.1) is 0 Å². The van der Waals surface area contributed by atoms with Crippen molar-refractivity contribution in [3.63, 3.8) is 0 Å². The van der Waals surface area contributed by atoms with Crippen molar-refractivity contribution in [3.8, 4) is 0 Å². The molecule has 0 saturated carbocycles. The van der Waals surface area contributed by atoms with Gasteiger partial charge in [-0.05, 0) is 13.8 Å². The van der Waals surface area contributed by atoms with E-state index in [0.29, 0.717) is 5.69 Å². The summed E-state index contributed by atoms with van der Waals surface area (Å²) >= 11 is 0. The molecule has 0 saturated heterocycles. The van der Waals surface area contributed by atoms with E-state index in [2.05, 4.69) is 15.4 Å². The lowest BCUT2D eigenvalue weighted by Crippen LogP contribution is -2.00. The topological polar surface area (TPSA) is 93.2 Å². The lowest BCUT2D eigenvalue weighted by molar-refractivity contribution is 0.0690. The van der Waals surface area contributed by atoms with Crippen molar-refractivity contribution in [2.45, 2.75) is 19.9 Å². The highest BCUT2D eigenvalue weighted by molar-refractivity contribution is 5.85. The summed E-state index contributed by atoms with van der Waals surface area (Å²) in [4.78, 5) is 14.3. The number of aromatic carboxylic acids is 1. The van der Waals surface area contributed by atoms with Crippen molar-refractivity contribution in [1.82, 2.24) is 14.8 Å². The van der Waals surface area contributed by atoms with E-state index in [1.165, 1.54) is 0 Å². The Hall–Kier alpha value is -2.31. The molecule has 0 spiro atoms. The molecule has 0 radical (unpaired) electrons. The molecule has 2 N–H and O–H groups in total. The first kappa shape index (κ1) is 11.2. The van der Waals surface area contributed by atoms with Crippen molar-refractivity contribution in [1.29, 1.82) is 0 Å². The maximum absolute atomic E-state index is 10.6. The highest BCUT2D eigenvalue weighted by Crippen LogP contribution is 2.16. The number of carboxylic acids is 1. The first-order chi connectivity index (χ1) is 8.06. The summed E-state index contributed by atoms with van der Waals surface area (Å²) in [5.74, 6) is -1.13. The van der Waals surface area contributed by atoms with Gasteiger partial charge < -0.3 is 14.8 Å². The molecule has 0 fully saturated rings. The van der Waals surface area contributed by atoms with E-state index in [1.54, 1.807) is 17.1 Å². The summed E-state index contributed by atoms with van der Waals surface area (Å²) in [6.07, 6.45) is 4.48. The van der Waals surface area contributed by atoms with Crippen LogP contribution in [0.25, 0.3) is 0 Å². The summed E-state index contributed by atoms with van der Waals surface area (Å²) in [5, 5.41) is 15.6. The van der Waals surface area contributed by atoms with Crippen LogP contribution in [0.3, 0.4) is 0 Å². The first-order valence-corrected chi connectivity index (χ1v) is 5.06. The number of oxazole rings is 1. The van der Waals surface area contributed by atoms with Gasteiger partial charge in [-0.2, -0.15) is 10.1 Å². The molecular formula is C10H12N4O3. The van der Waals surface area contributed by atoms with Gasteiger partial charge in [-0.1, -0.05) is 0 Å². The van der Waals surface area contributed by atoms with Crippen LogP contribution < -0.4 is 5.32 Å². The Morgan fingerprint density at radius 2 is 2.35 bits per heavy atom. The average molecular weight is 236 g/mol. The Kier molecular flexibility index (Phi) is 2.82. The third-order valence-electron chi connectivity index (χ3n) is 2.11. The van der Waals surface area contributed by atoms with Gasteiger partial charge in [0.2, 0.25) is 0 Å². The molecule has 2 aromatic heterocycles. The summed E-state index contributed by atoms with van der Waals surface area (Å²) < 4.78 is 6.73. The Morgan fingerprint density at radius 1 is 1.59 bits per heavy atom. The fourth-order valence-electron chi connectivity index (χ4n) is 1.24. The molecule has 0 amide bonds. The van der Waals surface area contributed by atoms with Crippen molar-refractivity contribution in [2.75, 3.05) is 5.32 Å². The number of anilines is 2. The van der Waals surface area contributed by atoms with E-state index in [9.17, 15) is 4.79 Å². The quantitative estimate of drug-likeness (QED) is 0.842. The lowest BCUT2D eigenvalue weighted by Gasteiger charge is -2.02. The Morgan fingerprint density at radius 3 is 2.88 bits per heavy atom. The SMILES string of the molecule is CC(C)n1cc(Nc2nc(C(=O)O)co2)cn1. The smallest absolute Gasteiger partial charge is 0.357 e. The highest BCUT2D eigenvalue weighted by Gasteiger charge is 2.11. The lowest BCUT2D eigenvalue weighted by atomic mass is 10.4. The fraction of sp³-hybridized carbons (Fsp3) is 0.300. The minimum Gasteiger partial charge on any atom is -0.476 e. The summed E-state index contributed by atoms with van der Waals surface area (Å²) in [7, 11) is 0. The summed E-state index contributed by atoms with van der Waals surface area (Å²) in [6.45, 7) is 4.01. The molecule has 0 aliphatic rings. The number of nitrogens with one attached hydrogen (secondary N) is 1. The molecule has 2 heterocycles. The number of hydrogen-bond acceptors (Lipinski definition) is 5. The highest BCUT2D eigenvalue weighted by atomic mass is 16.4. The molecule has 0 unspecified atom stereocenters. The van der Waals surface area contributed by atoms with Crippen molar-refractivity contribution in [2.24, 2.45) is 0 Å². The van der Waals surface area contributed by atoms with Crippen LogP contribution in [0.4, 0.5) is 11.7 Å². The second-order valence-corrected chi connectivity index (χ2v) is 3.77. The maximum Gasteiger partial charge on any atom is 0.357 e. The third-order valence-corrected chi connectivity index (χ3v) is 2.11. The Balaban J connectivity index is 2.11. The Bertz CT molecular complexity index is 529. The van der Waals surface area contributed by atoms with Crippen molar-refractivity contribution < 1.29 is 14.3 Å². The monoisotopic (exact) mass is 236 g/mol. The van der Waals surface area contributed by atoms with E-state index in [1.807, 2.05) is 13.8 Å². The van der Waals surface area contributed by atoms with Gasteiger partial charge in [0.05, 0.1) is 11.9 Å². The zero-order valence-electron chi connectivity index (χ0n) is 9.41. The van der Waals surface area contributed by atoms with Crippen LogP contribution in [0.1, 0.15) is 30.4 Å². The molecule has 90 valence electrons. The van der Waals surface area contributed by atoms with Crippen LogP contribution in [0.2, 0.25) is 0 Å². The van der Waals surface area contributed by atoms with Gasteiger partial charge in [0.1, 0.15) is 6.26 Å². The Labute approximate surface area is 97.1 Å². The predicted molar refractivity (Wildman–Crippen MR) is 59.4 cm³/mol. The van der Waals surface area contributed by atoms with E-state index in [4.69, 9.17) is 9.52 Å². The number of nitrogens with zero attached hydrogens (tertiary/aromatic N) is 3. The molecule has 0 aliphatic carbocycles. The van der Waals surface area contributed by atoms with Gasteiger partial charge in [-0.25, -0.2) is 4.79 Å². The van der Waals surface area contributed by atoms with Crippen LogP contribution in [-0.4, -0.2) is 25.8 Å². The van der Waals surface area contributed by atoms with Crippen molar-refractivity contribution >= 4 is 17.7 Å². The summed E-state index contributed by atoms with van der Waals surface area (Å²) in [5.41, 5.74) is 0.557. The van der Waals surface area contributed by atoms with Crippen LogP contribution in [-0.2, 0) is 0 Å². The number of carbonyl (C=O) groups is 1. The number of hydrogen-bond donors (Lipinski definition) is 2. The molecule has 2 rings (SSSR count). The zero-order valence-corrected chi connectivity index (χ0v) is 9.41.